The van der Waals surface area contributed by atoms with Gasteiger partial charge in [-0.05, 0) is 19.5 Å². The molecule has 2 rings (SSSR count). The zero-order valence-electron chi connectivity index (χ0n) is 12.8. The van der Waals surface area contributed by atoms with E-state index < -0.39 is 0 Å². The normalized spacial score (nSPS) is 19.2. The molecule has 2 heterocycles. The highest BCUT2D eigenvalue weighted by atomic mass is 16.5. The van der Waals surface area contributed by atoms with Crippen molar-refractivity contribution in [1.29, 1.82) is 0 Å². The molecule has 0 bridgehead atoms. The fourth-order valence-electron chi connectivity index (χ4n) is 2.37. The Balaban J connectivity index is 1.88. The number of aromatic nitrogens is 2. The second-order valence-corrected chi connectivity index (χ2v) is 6.46. The SMILES string of the molecule is CC(C)(C)c1nc(CN2CCCN(CCO)CC2)no1. The summed E-state index contributed by atoms with van der Waals surface area (Å²) in [5, 5.41) is 13.1. The van der Waals surface area contributed by atoms with Crippen LogP contribution in [0.15, 0.2) is 4.52 Å². The van der Waals surface area contributed by atoms with Crippen LogP contribution >= 0.6 is 0 Å². The molecule has 1 aromatic heterocycles. The lowest BCUT2D eigenvalue weighted by atomic mass is 9.97. The van der Waals surface area contributed by atoms with Crippen molar-refractivity contribution in [1.82, 2.24) is 19.9 Å². The van der Waals surface area contributed by atoms with Gasteiger partial charge in [0.25, 0.3) is 0 Å². The molecule has 6 nitrogen and oxygen atoms in total. The molecule has 0 amide bonds. The highest BCUT2D eigenvalue weighted by molar-refractivity contribution is 4.98. The number of nitrogens with zero attached hydrogens (tertiary/aromatic N) is 4. The van der Waals surface area contributed by atoms with Gasteiger partial charge in [-0.25, -0.2) is 0 Å². The smallest absolute Gasteiger partial charge is 0.232 e. The summed E-state index contributed by atoms with van der Waals surface area (Å²) in [6.07, 6.45) is 1.12. The van der Waals surface area contributed by atoms with Crippen molar-refractivity contribution in [3.8, 4) is 0 Å². The molecule has 6 heteroatoms. The highest BCUT2D eigenvalue weighted by Gasteiger charge is 2.23. The summed E-state index contributed by atoms with van der Waals surface area (Å²) in [7, 11) is 0. The van der Waals surface area contributed by atoms with E-state index in [0.717, 1.165) is 51.5 Å². The van der Waals surface area contributed by atoms with Gasteiger partial charge in [0.2, 0.25) is 5.89 Å². The van der Waals surface area contributed by atoms with Gasteiger partial charge in [0, 0.05) is 25.0 Å². The number of hydrogen-bond acceptors (Lipinski definition) is 6. The maximum absolute atomic E-state index is 9.00. The molecule has 114 valence electrons. The fraction of sp³-hybridized carbons (Fsp3) is 0.857. The monoisotopic (exact) mass is 282 g/mol. The van der Waals surface area contributed by atoms with Gasteiger partial charge in [-0.15, -0.1) is 0 Å². The molecule has 0 aliphatic carbocycles. The van der Waals surface area contributed by atoms with Crippen molar-refractivity contribution in [2.45, 2.75) is 39.2 Å². The van der Waals surface area contributed by atoms with E-state index in [9.17, 15) is 0 Å². The molecule has 1 aliphatic heterocycles. The van der Waals surface area contributed by atoms with Gasteiger partial charge in [-0.2, -0.15) is 4.98 Å². The van der Waals surface area contributed by atoms with Gasteiger partial charge in [0.05, 0.1) is 13.2 Å². The van der Waals surface area contributed by atoms with Crippen molar-refractivity contribution in [3.63, 3.8) is 0 Å². The Morgan fingerprint density at radius 1 is 1.15 bits per heavy atom. The van der Waals surface area contributed by atoms with Crippen LogP contribution in [-0.2, 0) is 12.0 Å². The van der Waals surface area contributed by atoms with E-state index in [0.29, 0.717) is 5.89 Å². The van der Waals surface area contributed by atoms with E-state index in [4.69, 9.17) is 9.63 Å². The Morgan fingerprint density at radius 2 is 1.85 bits per heavy atom. The van der Waals surface area contributed by atoms with Crippen LogP contribution in [0.2, 0.25) is 0 Å². The Labute approximate surface area is 120 Å². The summed E-state index contributed by atoms with van der Waals surface area (Å²) in [5.74, 6) is 1.47. The van der Waals surface area contributed by atoms with Gasteiger partial charge < -0.3 is 9.63 Å². The summed E-state index contributed by atoms with van der Waals surface area (Å²) in [6, 6.07) is 0. The fourth-order valence-corrected chi connectivity index (χ4v) is 2.37. The predicted octanol–water partition coefficient (Wildman–Crippen LogP) is 0.867. The summed E-state index contributed by atoms with van der Waals surface area (Å²) < 4.78 is 5.33. The van der Waals surface area contributed by atoms with Crippen molar-refractivity contribution in [2.24, 2.45) is 0 Å². The van der Waals surface area contributed by atoms with Gasteiger partial charge in [-0.1, -0.05) is 25.9 Å². The van der Waals surface area contributed by atoms with Crippen LogP contribution in [-0.4, -0.2) is 64.4 Å². The predicted molar refractivity (Wildman–Crippen MR) is 76.4 cm³/mol. The van der Waals surface area contributed by atoms with Gasteiger partial charge in [-0.3, -0.25) is 9.80 Å². The summed E-state index contributed by atoms with van der Waals surface area (Å²) >= 11 is 0. The van der Waals surface area contributed by atoms with Crippen LogP contribution in [0.3, 0.4) is 0 Å². The highest BCUT2D eigenvalue weighted by Crippen LogP contribution is 2.20. The van der Waals surface area contributed by atoms with Crippen LogP contribution in [0, 0.1) is 0 Å². The van der Waals surface area contributed by atoms with Crippen LogP contribution < -0.4 is 0 Å². The topological polar surface area (TPSA) is 65.6 Å². The molecule has 0 unspecified atom stereocenters. The first-order valence-electron chi connectivity index (χ1n) is 7.37. The lowest BCUT2D eigenvalue weighted by molar-refractivity contribution is 0.195. The molecule has 0 saturated carbocycles. The molecule has 1 saturated heterocycles. The van der Waals surface area contributed by atoms with E-state index in [2.05, 4.69) is 40.7 Å². The number of rotatable bonds is 4. The third-order valence-electron chi connectivity index (χ3n) is 3.57. The quantitative estimate of drug-likeness (QED) is 0.884. The zero-order chi connectivity index (χ0) is 14.6. The summed E-state index contributed by atoms with van der Waals surface area (Å²) in [4.78, 5) is 9.15. The molecule has 1 aliphatic rings. The molecule has 0 radical (unpaired) electrons. The van der Waals surface area contributed by atoms with Gasteiger partial charge in [0.15, 0.2) is 5.82 Å². The van der Waals surface area contributed by atoms with Gasteiger partial charge in [0.1, 0.15) is 0 Å². The summed E-state index contributed by atoms with van der Waals surface area (Å²) in [6.45, 7) is 12.0. The number of aliphatic hydroxyl groups excluding tert-OH is 1. The number of hydrogen-bond donors (Lipinski definition) is 1. The Kier molecular flexibility index (Phi) is 5.12. The third kappa shape index (κ3) is 4.26. The second kappa shape index (κ2) is 6.65. The molecule has 1 aromatic rings. The maximum Gasteiger partial charge on any atom is 0.232 e. The number of aliphatic hydroxyl groups is 1. The zero-order valence-corrected chi connectivity index (χ0v) is 12.8. The molecule has 0 aromatic carbocycles. The molecular formula is C14H26N4O2. The average molecular weight is 282 g/mol. The van der Waals surface area contributed by atoms with E-state index in [1.807, 2.05) is 0 Å². The van der Waals surface area contributed by atoms with E-state index >= 15 is 0 Å². The molecule has 0 atom stereocenters. The molecule has 1 fully saturated rings. The lowest BCUT2D eigenvalue weighted by Crippen LogP contribution is -2.32. The van der Waals surface area contributed by atoms with E-state index in [-0.39, 0.29) is 12.0 Å². The minimum atomic E-state index is -0.0953. The first-order chi connectivity index (χ1) is 9.49. The molecular weight excluding hydrogens is 256 g/mol. The standard InChI is InChI=1S/C14H26N4O2/c1-14(2,3)13-15-12(16-20-13)11-18-6-4-5-17(7-8-18)9-10-19/h19H,4-11H2,1-3H3. The van der Waals surface area contributed by atoms with Crippen molar-refractivity contribution in [2.75, 3.05) is 39.3 Å². The number of β-amino-alcohol motifs (C(OH)–C–C–N with tert-alkyl or cyclic N) is 1. The Bertz CT molecular complexity index is 414. The van der Waals surface area contributed by atoms with Crippen LogP contribution in [0.25, 0.3) is 0 Å². The van der Waals surface area contributed by atoms with E-state index in [1.54, 1.807) is 0 Å². The van der Waals surface area contributed by atoms with Crippen LogP contribution in [0.5, 0.6) is 0 Å². The minimum absolute atomic E-state index is 0.0953. The third-order valence-corrected chi connectivity index (χ3v) is 3.57. The molecule has 20 heavy (non-hydrogen) atoms. The summed E-state index contributed by atoms with van der Waals surface area (Å²) in [5.41, 5.74) is -0.0953. The van der Waals surface area contributed by atoms with Crippen molar-refractivity contribution < 1.29 is 9.63 Å². The maximum atomic E-state index is 9.00. The Morgan fingerprint density at radius 3 is 2.50 bits per heavy atom. The largest absolute Gasteiger partial charge is 0.395 e. The lowest BCUT2D eigenvalue weighted by Gasteiger charge is -2.19. The first-order valence-corrected chi connectivity index (χ1v) is 7.37. The van der Waals surface area contributed by atoms with Crippen LogP contribution in [0.4, 0.5) is 0 Å². The minimum Gasteiger partial charge on any atom is -0.395 e. The van der Waals surface area contributed by atoms with Crippen molar-refractivity contribution in [3.05, 3.63) is 11.7 Å². The van der Waals surface area contributed by atoms with Crippen LogP contribution in [0.1, 0.15) is 38.9 Å². The molecule has 0 spiro atoms. The van der Waals surface area contributed by atoms with Gasteiger partial charge >= 0.3 is 0 Å². The van der Waals surface area contributed by atoms with E-state index in [1.165, 1.54) is 0 Å². The molecule has 1 N–H and O–H groups in total. The Hall–Kier alpha value is -0.980. The second-order valence-electron chi connectivity index (χ2n) is 6.46. The average Bonchev–Trinajstić information content (AvgIpc) is 2.73. The van der Waals surface area contributed by atoms with Crippen molar-refractivity contribution >= 4 is 0 Å². The first kappa shape index (κ1) is 15.4.